The fourth-order valence-corrected chi connectivity index (χ4v) is 2.72. The topological polar surface area (TPSA) is 20.3 Å². The zero-order valence-electron chi connectivity index (χ0n) is 10.9. The molecular formula is C15H20FNO. The van der Waals surface area contributed by atoms with Crippen molar-refractivity contribution < 1.29 is 9.18 Å². The molecule has 1 aliphatic rings. The third-order valence-corrected chi connectivity index (χ3v) is 3.76. The van der Waals surface area contributed by atoms with Crippen molar-refractivity contribution in [1.29, 1.82) is 0 Å². The molecule has 0 spiro atoms. The highest BCUT2D eigenvalue weighted by Gasteiger charge is 2.20. The van der Waals surface area contributed by atoms with Crippen molar-refractivity contribution in [3.63, 3.8) is 0 Å². The van der Waals surface area contributed by atoms with Gasteiger partial charge in [0.15, 0.2) is 0 Å². The van der Waals surface area contributed by atoms with Crippen molar-refractivity contribution in [3.05, 3.63) is 29.6 Å². The largest absolute Gasteiger partial charge is 0.369 e. The maximum Gasteiger partial charge on any atom is 0.150 e. The molecule has 0 unspecified atom stereocenters. The molecule has 0 aromatic heterocycles. The maximum atomic E-state index is 13.9. The Kier molecular flexibility index (Phi) is 4.34. The van der Waals surface area contributed by atoms with Gasteiger partial charge in [0.1, 0.15) is 12.1 Å². The first-order valence-electron chi connectivity index (χ1n) is 6.74. The molecule has 1 aromatic rings. The third-order valence-electron chi connectivity index (χ3n) is 3.76. The van der Waals surface area contributed by atoms with E-state index in [0.29, 0.717) is 17.5 Å². The number of carbonyl (C=O) groups excluding carboxylic acids is 1. The SMILES string of the molecule is CCCC1CCN(c2ccc(C=O)cc2F)CC1. The summed E-state index contributed by atoms with van der Waals surface area (Å²) in [5, 5.41) is 0. The van der Waals surface area contributed by atoms with E-state index in [-0.39, 0.29) is 5.82 Å². The summed E-state index contributed by atoms with van der Waals surface area (Å²) in [5.41, 5.74) is 1.03. The second kappa shape index (κ2) is 5.98. The number of anilines is 1. The van der Waals surface area contributed by atoms with Gasteiger partial charge in [-0.2, -0.15) is 0 Å². The van der Waals surface area contributed by atoms with Crippen LogP contribution in [0.15, 0.2) is 18.2 Å². The van der Waals surface area contributed by atoms with Gasteiger partial charge in [0.05, 0.1) is 5.69 Å². The molecule has 98 valence electrons. The minimum atomic E-state index is -0.284. The van der Waals surface area contributed by atoms with Crippen LogP contribution in [0.25, 0.3) is 0 Å². The Morgan fingerprint density at radius 1 is 1.39 bits per heavy atom. The van der Waals surface area contributed by atoms with Gasteiger partial charge in [-0.25, -0.2) is 4.39 Å². The molecule has 0 aliphatic carbocycles. The molecule has 1 heterocycles. The summed E-state index contributed by atoms with van der Waals surface area (Å²) in [6.45, 7) is 4.05. The van der Waals surface area contributed by atoms with Crippen molar-refractivity contribution >= 4 is 12.0 Å². The number of piperidine rings is 1. The Bertz CT molecular complexity index is 411. The summed E-state index contributed by atoms with van der Waals surface area (Å²) in [6, 6.07) is 4.73. The first kappa shape index (κ1) is 13.1. The number of aldehydes is 1. The van der Waals surface area contributed by atoms with Crippen LogP contribution in [-0.4, -0.2) is 19.4 Å². The van der Waals surface area contributed by atoms with Gasteiger partial charge in [-0.3, -0.25) is 4.79 Å². The standard InChI is InChI=1S/C15H20FNO/c1-2-3-12-6-8-17(9-7-12)15-5-4-13(11-18)10-14(15)16/h4-5,10-12H,2-3,6-9H2,1H3. The van der Waals surface area contributed by atoms with Crippen LogP contribution in [0.2, 0.25) is 0 Å². The lowest BCUT2D eigenvalue weighted by Crippen LogP contribution is -2.34. The van der Waals surface area contributed by atoms with Gasteiger partial charge in [0, 0.05) is 18.7 Å². The van der Waals surface area contributed by atoms with Gasteiger partial charge >= 0.3 is 0 Å². The lowest BCUT2D eigenvalue weighted by atomic mass is 9.92. The molecule has 18 heavy (non-hydrogen) atoms. The summed E-state index contributed by atoms with van der Waals surface area (Å²) >= 11 is 0. The second-order valence-corrected chi connectivity index (χ2v) is 5.05. The second-order valence-electron chi connectivity index (χ2n) is 5.05. The third kappa shape index (κ3) is 2.89. The monoisotopic (exact) mass is 249 g/mol. The fraction of sp³-hybridized carbons (Fsp3) is 0.533. The van der Waals surface area contributed by atoms with E-state index >= 15 is 0 Å². The molecule has 0 bridgehead atoms. The Morgan fingerprint density at radius 2 is 2.11 bits per heavy atom. The zero-order valence-corrected chi connectivity index (χ0v) is 10.9. The Labute approximate surface area is 108 Å². The van der Waals surface area contributed by atoms with E-state index in [9.17, 15) is 9.18 Å². The first-order chi connectivity index (χ1) is 8.74. The average Bonchev–Trinajstić information content (AvgIpc) is 2.40. The van der Waals surface area contributed by atoms with Gasteiger partial charge in [0.2, 0.25) is 0 Å². The first-order valence-corrected chi connectivity index (χ1v) is 6.74. The quantitative estimate of drug-likeness (QED) is 0.759. The number of nitrogens with zero attached hydrogens (tertiary/aromatic N) is 1. The molecule has 1 aliphatic heterocycles. The Balaban J connectivity index is 2.03. The average molecular weight is 249 g/mol. The van der Waals surface area contributed by atoms with Crippen LogP contribution >= 0.6 is 0 Å². The van der Waals surface area contributed by atoms with Gasteiger partial charge in [0.25, 0.3) is 0 Å². The zero-order chi connectivity index (χ0) is 13.0. The van der Waals surface area contributed by atoms with Gasteiger partial charge in [-0.15, -0.1) is 0 Å². The highest BCUT2D eigenvalue weighted by atomic mass is 19.1. The lowest BCUT2D eigenvalue weighted by Gasteiger charge is -2.33. The van der Waals surface area contributed by atoms with Crippen molar-refractivity contribution in [2.24, 2.45) is 5.92 Å². The van der Waals surface area contributed by atoms with Gasteiger partial charge in [-0.05, 0) is 37.0 Å². The van der Waals surface area contributed by atoms with Crippen LogP contribution in [0.1, 0.15) is 43.0 Å². The number of carbonyl (C=O) groups is 1. The molecule has 0 amide bonds. The molecule has 0 saturated carbocycles. The number of hydrogen-bond donors (Lipinski definition) is 0. The van der Waals surface area contributed by atoms with Crippen LogP contribution in [0.3, 0.4) is 0 Å². The molecule has 3 heteroatoms. The molecule has 2 nitrogen and oxygen atoms in total. The van der Waals surface area contributed by atoms with Crippen LogP contribution in [-0.2, 0) is 0 Å². The van der Waals surface area contributed by atoms with Crippen LogP contribution in [0.4, 0.5) is 10.1 Å². The van der Waals surface area contributed by atoms with Crippen LogP contribution < -0.4 is 4.90 Å². The van der Waals surface area contributed by atoms with Crippen LogP contribution in [0, 0.1) is 11.7 Å². The smallest absolute Gasteiger partial charge is 0.150 e. The van der Waals surface area contributed by atoms with E-state index in [4.69, 9.17) is 0 Å². The molecule has 0 atom stereocenters. The van der Waals surface area contributed by atoms with Crippen molar-refractivity contribution in [1.82, 2.24) is 0 Å². The van der Waals surface area contributed by atoms with Crippen molar-refractivity contribution in [2.75, 3.05) is 18.0 Å². The predicted octanol–water partition coefficient (Wildman–Crippen LogP) is 3.65. The van der Waals surface area contributed by atoms with E-state index in [1.807, 2.05) is 0 Å². The number of hydrogen-bond acceptors (Lipinski definition) is 2. The van der Waals surface area contributed by atoms with E-state index in [1.54, 1.807) is 12.1 Å². The molecular weight excluding hydrogens is 229 g/mol. The van der Waals surface area contributed by atoms with E-state index in [2.05, 4.69) is 11.8 Å². The van der Waals surface area contributed by atoms with E-state index in [1.165, 1.54) is 18.9 Å². The van der Waals surface area contributed by atoms with Crippen LogP contribution in [0.5, 0.6) is 0 Å². The molecule has 1 fully saturated rings. The van der Waals surface area contributed by atoms with Crippen molar-refractivity contribution in [2.45, 2.75) is 32.6 Å². The number of halogens is 1. The van der Waals surface area contributed by atoms with Gasteiger partial charge < -0.3 is 4.90 Å². The highest BCUT2D eigenvalue weighted by molar-refractivity contribution is 5.76. The molecule has 1 saturated heterocycles. The minimum absolute atomic E-state index is 0.284. The summed E-state index contributed by atoms with van der Waals surface area (Å²) in [4.78, 5) is 12.7. The van der Waals surface area contributed by atoms with Crippen molar-refractivity contribution in [3.8, 4) is 0 Å². The number of benzene rings is 1. The van der Waals surface area contributed by atoms with E-state index < -0.39 is 0 Å². The fourth-order valence-electron chi connectivity index (χ4n) is 2.72. The molecule has 0 N–H and O–H groups in total. The summed E-state index contributed by atoms with van der Waals surface area (Å²) in [5.74, 6) is 0.511. The minimum Gasteiger partial charge on any atom is -0.369 e. The summed E-state index contributed by atoms with van der Waals surface area (Å²) < 4.78 is 13.9. The number of rotatable bonds is 4. The predicted molar refractivity (Wildman–Crippen MR) is 71.6 cm³/mol. The highest BCUT2D eigenvalue weighted by Crippen LogP contribution is 2.27. The van der Waals surface area contributed by atoms with Gasteiger partial charge in [-0.1, -0.05) is 19.8 Å². The Hall–Kier alpha value is -1.38. The summed E-state index contributed by atoms with van der Waals surface area (Å²) in [7, 11) is 0. The molecule has 0 radical (unpaired) electrons. The Morgan fingerprint density at radius 3 is 2.67 bits per heavy atom. The lowest BCUT2D eigenvalue weighted by molar-refractivity contribution is 0.112. The maximum absolute atomic E-state index is 13.9. The normalized spacial score (nSPS) is 16.9. The molecule has 2 rings (SSSR count). The van der Waals surface area contributed by atoms with E-state index in [0.717, 1.165) is 31.8 Å². The molecule has 1 aromatic carbocycles. The summed E-state index contributed by atoms with van der Waals surface area (Å²) in [6.07, 6.45) is 5.47.